The molecule has 1 amide bonds. The normalized spacial score (nSPS) is 15.2. The molecule has 1 aliphatic rings. The van der Waals surface area contributed by atoms with Crippen LogP contribution >= 0.6 is 45.2 Å². The average Bonchev–Trinajstić information content (AvgIpc) is 2.55. The molecule has 1 heterocycles. The number of benzene rings is 1. The van der Waals surface area contributed by atoms with E-state index < -0.39 is 0 Å². The molecule has 9 heteroatoms. The smallest absolute Gasteiger partial charge is 0.254 e. The van der Waals surface area contributed by atoms with Crippen molar-refractivity contribution in [3.8, 4) is 11.8 Å². The van der Waals surface area contributed by atoms with Gasteiger partial charge in [0.2, 0.25) is 0 Å². The van der Waals surface area contributed by atoms with Gasteiger partial charge >= 0.3 is 0 Å². The molecule has 1 N–H and O–H groups in total. The number of halogens is 2. The summed E-state index contributed by atoms with van der Waals surface area (Å²) in [6.07, 6.45) is 1.59. The SMILES string of the molecule is N#CCOc1c(I)cc(/C=N/NC(=O)CN2CCOCC2)cc1I. The first-order chi connectivity index (χ1) is 11.6. The lowest BCUT2D eigenvalue weighted by atomic mass is 10.2. The van der Waals surface area contributed by atoms with Crippen molar-refractivity contribution < 1.29 is 14.3 Å². The number of carbonyl (C=O) groups is 1. The number of nitrogens with one attached hydrogen (secondary N) is 1. The second kappa shape index (κ2) is 10.1. The largest absolute Gasteiger partial charge is 0.477 e. The number of hydrogen-bond donors (Lipinski definition) is 1. The third-order valence-electron chi connectivity index (χ3n) is 3.18. The lowest BCUT2D eigenvalue weighted by Crippen LogP contribution is -2.42. The molecule has 1 aliphatic heterocycles. The molecular formula is C15H16I2N4O3. The highest BCUT2D eigenvalue weighted by molar-refractivity contribution is 14.1. The van der Waals surface area contributed by atoms with Gasteiger partial charge in [0.25, 0.3) is 5.91 Å². The lowest BCUT2D eigenvalue weighted by Gasteiger charge is -2.25. The highest BCUT2D eigenvalue weighted by atomic mass is 127. The van der Waals surface area contributed by atoms with E-state index in [9.17, 15) is 4.79 Å². The van der Waals surface area contributed by atoms with Crippen LogP contribution in [0.3, 0.4) is 0 Å². The summed E-state index contributed by atoms with van der Waals surface area (Å²) in [5, 5.41) is 12.6. The monoisotopic (exact) mass is 554 g/mol. The van der Waals surface area contributed by atoms with Crippen LogP contribution in [0, 0.1) is 18.5 Å². The Kier molecular flexibility index (Phi) is 8.16. The summed E-state index contributed by atoms with van der Waals surface area (Å²) in [6.45, 7) is 3.17. The van der Waals surface area contributed by atoms with E-state index in [-0.39, 0.29) is 12.5 Å². The molecule has 1 fully saturated rings. The first-order valence-corrected chi connectivity index (χ1v) is 9.36. The topological polar surface area (TPSA) is 86.9 Å². The molecule has 0 unspecified atom stereocenters. The number of morpholine rings is 1. The fourth-order valence-electron chi connectivity index (χ4n) is 2.07. The van der Waals surface area contributed by atoms with E-state index in [1.807, 2.05) is 23.1 Å². The Hall–Kier alpha value is -0.970. The molecule has 1 aromatic rings. The molecule has 7 nitrogen and oxygen atoms in total. The summed E-state index contributed by atoms with van der Waals surface area (Å²) >= 11 is 4.29. The van der Waals surface area contributed by atoms with Crippen molar-refractivity contribution in [2.75, 3.05) is 39.5 Å². The Bertz CT molecular complexity index is 632. The van der Waals surface area contributed by atoms with E-state index in [0.717, 1.165) is 25.8 Å². The summed E-state index contributed by atoms with van der Waals surface area (Å²) in [7, 11) is 0. The predicted molar refractivity (Wildman–Crippen MR) is 106 cm³/mol. The van der Waals surface area contributed by atoms with Gasteiger partial charge in [-0.25, -0.2) is 5.43 Å². The van der Waals surface area contributed by atoms with E-state index in [2.05, 4.69) is 55.7 Å². The molecule has 2 rings (SSSR count). The minimum atomic E-state index is -0.147. The third-order valence-corrected chi connectivity index (χ3v) is 4.78. The second-order valence-electron chi connectivity index (χ2n) is 4.94. The zero-order valence-electron chi connectivity index (χ0n) is 12.8. The summed E-state index contributed by atoms with van der Waals surface area (Å²) in [5.41, 5.74) is 3.38. The first-order valence-electron chi connectivity index (χ1n) is 7.21. The maximum absolute atomic E-state index is 11.8. The maximum Gasteiger partial charge on any atom is 0.254 e. The van der Waals surface area contributed by atoms with Gasteiger partial charge in [-0.05, 0) is 62.9 Å². The number of carbonyl (C=O) groups excluding carboxylic acids is 1. The number of rotatable bonds is 6. The van der Waals surface area contributed by atoms with Crippen LogP contribution in [0.4, 0.5) is 0 Å². The zero-order chi connectivity index (χ0) is 17.4. The minimum absolute atomic E-state index is 0.0109. The summed E-state index contributed by atoms with van der Waals surface area (Å²) < 4.78 is 12.4. The van der Waals surface area contributed by atoms with Gasteiger partial charge in [0.15, 0.2) is 6.61 Å². The van der Waals surface area contributed by atoms with E-state index in [4.69, 9.17) is 14.7 Å². The molecule has 128 valence electrons. The number of nitrogens with zero attached hydrogens (tertiary/aromatic N) is 3. The molecule has 0 atom stereocenters. The second-order valence-corrected chi connectivity index (χ2v) is 7.27. The number of amides is 1. The minimum Gasteiger partial charge on any atom is -0.477 e. The molecule has 24 heavy (non-hydrogen) atoms. The van der Waals surface area contributed by atoms with Gasteiger partial charge < -0.3 is 9.47 Å². The maximum atomic E-state index is 11.8. The Balaban J connectivity index is 1.89. The van der Waals surface area contributed by atoms with Crippen molar-refractivity contribution in [1.29, 1.82) is 5.26 Å². The van der Waals surface area contributed by atoms with Crippen molar-refractivity contribution in [2.45, 2.75) is 0 Å². The van der Waals surface area contributed by atoms with Crippen LogP contribution in [0.1, 0.15) is 5.56 Å². The van der Waals surface area contributed by atoms with E-state index in [1.54, 1.807) is 6.21 Å². The first kappa shape index (κ1) is 19.4. The number of nitriles is 1. The van der Waals surface area contributed by atoms with Crippen molar-refractivity contribution in [3.05, 3.63) is 24.8 Å². The molecule has 0 aliphatic carbocycles. The number of hydrogen-bond acceptors (Lipinski definition) is 6. The summed E-state index contributed by atoms with van der Waals surface area (Å²) in [6, 6.07) is 5.71. The Morgan fingerprint density at radius 1 is 1.42 bits per heavy atom. The Morgan fingerprint density at radius 3 is 2.71 bits per heavy atom. The standard InChI is InChI=1S/C15H16I2N4O3/c16-12-7-11(8-13(17)15(12)24-4-1-18)9-19-20-14(22)10-21-2-5-23-6-3-21/h7-9H,2-6,10H2,(H,20,22)/b19-9+. The highest BCUT2D eigenvalue weighted by Gasteiger charge is 2.13. The van der Waals surface area contributed by atoms with Gasteiger partial charge in [-0.1, -0.05) is 0 Å². The van der Waals surface area contributed by atoms with Crippen LogP contribution < -0.4 is 10.2 Å². The van der Waals surface area contributed by atoms with Crippen LogP contribution in [0.25, 0.3) is 0 Å². The van der Waals surface area contributed by atoms with E-state index in [0.29, 0.717) is 25.5 Å². The number of hydrazone groups is 1. The van der Waals surface area contributed by atoms with Crippen molar-refractivity contribution in [3.63, 3.8) is 0 Å². The van der Waals surface area contributed by atoms with Crippen molar-refractivity contribution >= 4 is 57.3 Å². The Labute approximate surface area is 167 Å². The zero-order valence-corrected chi connectivity index (χ0v) is 17.1. The van der Waals surface area contributed by atoms with Gasteiger partial charge in [-0.15, -0.1) is 0 Å². The Morgan fingerprint density at radius 2 is 2.08 bits per heavy atom. The molecular weight excluding hydrogens is 538 g/mol. The molecule has 0 saturated carbocycles. The molecule has 1 saturated heterocycles. The van der Waals surface area contributed by atoms with E-state index >= 15 is 0 Å². The predicted octanol–water partition coefficient (Wildman–Crippen LogP) is 1.58. The lowest BCUT2D eigenvalue weighted by molar-refractivity contribution is -0.123. The highest BCUT2D eigenvalue weighted by Crippen LogP contribution is 2.28. The van der Waals surface area contributed by atoms with Crippen LogP contribution in [-0.2, 0) is 9.53 Å². The fraction of sp³-hybridized carbons (Fsp3) is 0.400. The molecule has 0 aromatic heterocycles. The third kappa shape index (κ3) is 6.15. The average molecular weight is 554 g/mol. The molecule has 1 aromatic carbocycles. The van der Waals surface area contributed by atoms with Crippen LogP contribution in [0.15, 0.2) is 17.2 Å². The molecule has 0 bridgehead atoms. The summed E-state index contributed by atoms with van der Waals surface area (Å²) in [5.74, 6) is 0.540. The molecule has 0 radical (unpaired) electrons. The fourth-order valence-corrected chi connectivity index (χ4v) is 4.20. The van der Waals surface area contributed by atoms with Gasteiger partial charge in [-0.2, -0.15) is 10.4 Å². The van der Waals surface area contributed by atoms with E-state index in [1.165, 1.54) is 0 Å². The number of ether oxygens (including phenoxy) is 2. The van der Waals surface area contributed by atoms with Gasteiger partial charge in [0.05, 0.1) is 33.1 Å². The van der Waals surface area contributed by atoms with Crippen molar-refractivity contribution in [2.24, 2.45) is 5.10 Å². The van der Waals surface area contributed by atoms with Gasteiger partial charge in [0, 0.05) is 13.1 Å². The summed E-state index contributed by atoms with van der Waals surface area (Å²) in [4.78, 5) is 13.9. The van der Waals surface area contributed by atoms with Crippen molar-refractivity contribution in [1.82, 2.24) is 10.3 Å². The van der Waals surface area contributed by atoms with Gasteiger partial charge in [-0.3, -0.25) is 9.69 Å². The quantitative estimate of drug-likeness (QED) is 0.328. The van der Waals surface area contributed by atoms with Crippen LogP contribution in [0.5, 0.6) is 5.75 Å². The van der Waals surface area contributed by atoms with Gasteiger partial charge in [0.1, 0.15) is 11.8 Å². The van der Waals surface area contributed by atoms with Crippen LogP contribution in [-0.4, -0.2) is 56.5 Å². The molecule has 0 spiro atoms. The van der Waals surface area contributed by atoms with Crippen LogP contribution in [0.2, 0.25) is 0 Å².